The van der Waals surface area contributed by atoms with Gasteiger partial charge < -0.3 is 10.1 Å². The first-order chi connectivity index (χ1) is 18.7. The Bertz CT molecular complexity index is 1460. The van der Waals surface area contributed by atoms with Crippen molar-refractivity contribution in [2.45, 2.75) is 31.7 Å². The lowest BCUT2D eigenvalue weighted by molar-refractivity contribution is -0.159. The van der Waals surface area contributed by atoms with Crippen LogP contribution in [0.15, 0.2) is 65.1 Å². The Labute approximate surface area is 238 Å². The molecule has 0 unspecified atom stereocenters. The number of nitrogens with zero attached hydrogens (tertiary/aromatic N) is 1. The maximum absolute atomic E-state index is 13.8. The Morgan fingerprint density at radius 1 is 0.949 bits per heavy atom. The number of carbonyl (C=O) groups excluding carboxylic acids is 4. The molecule has 3 atom stereocenters. The first kappa shape index (κ1) is 25.8. The van der Waals surface area contributed by atoms with E-state index in [1.54, 1.807) is 19.1 Å². The van der Waals surface area contributed by atoms with Gasteiger partial charge in [-0.2, -0.15) is 0 Å². The van der Waals surface area contributed by atoms with Crippen LogP contribution in [0.5, 0.6) is 0 Å². The highest BCUT2D eigenvalue weighted by Crippen LogP contribution is 2.61. The lowest BCUT2D eigenvalue weighted by atomic mass is 9.55. The average molecular weight is 608 g/mol. The van der Waals surface area contributed by atoms with E-state index in [4.69, 9.17) is 16.3 Å². The molecule has 7 rings (SSSR count). The molecule has 4 aliphatic rings. The van der Waals surface area contributed by atoms with E-state index in [0.717, 1.165) is 32.7 Å². The molecule has 1 aliphatic heterocycles. The largest absolute Gasteiger partial charge is 0.454 e. The molecular formula is C30H24BrClN2O5. The van der Waals surface area contributed by atoms with Gasteiger partial charge in [-0.15, -0.1) is 0 Å². The summed E-state index contributed by atoms with van der Waals surface area (Å²) in [5.74, 6) is -3.83. The second-order valence-corrected chi connectivity index (χ2v) is 11.5. The van der Waals surface area contributed by atoms with Crippen LogP contribution in [0.1, 0.15) is 46.6 Å². The molecule has 0 saturated carbocycles. The van der Waals surface area contributed by atoms with Gasteiger partial charge in [-0.3, -0.25) is 19.3 Å². The normalized spacial score (nSPS) is 23.1. The summed E-state index contributed by atoms with van der Waals surface area (Å²) in [4.78, 5) is 54.1. The number of amides is 3. The van der Waals surface area contributed by atoms with Crippen LogP contribution in [0.25, 0.3) is 0 Å². The number of hydrogen-bond acceptors (Lipinski definition) is 5. The van der Waals surface area contributed by atoms with E-state index in [0.29, 0.717) is 15.2 Å². The van der Waals surface area contributed by atoms with Crippen molar-refractivity contribution in [3.63, 3.8) is 0 Å². The van der Waals surface area contributed by atoms with E-state index < -0.39 is 36.4 Å². The van der Waals surface area contributed by atoms with Crippen molar-refractivity contribution in [2.75, 3.05) is 11.9 Å². The van der Waals surface area contributed by atoms with Gasteiger partial charge >= 0.3 is 5.97 Å². The summed E-state index contributed by atoms with van der Waals surface area (Å²) in [5, 5.41) is 3.09. The zero-order chi connectivity index (χ0) is 27.6. The van der Waals surface area contributed by atoms with Crippen LogP contribution in [0.4, 0.5) is 5.69 Å². The van der Waals surface area contributed by atoms with Crippen LogP contribution in [0, 0.1) is 18.8 Å². The smallest absolute Gasteiger partial charge is 0.329 e. The maximum atomic E-state index is 13.8. The van der Waals surface area contributed by atoms with Gasteiger partial charge in [-0.05, 0) is 69.7 Å². The molecule has 3 amide bonds. The average Bonchev–Trinajstić information content (AvgIpc) is 3.20. The number of aryl methyl sites for hydroxylation is 1. The second-order valence-electron chi connectivity index (χ2n) is 10.2. The van der Waals surface area contributed by atoms with Crippen molar-refractivity contribution >= 4 is 56.9 Å². The summed E-state index contributed by atoms with van der Waals surface area (Å²) in [6, 6.07) is 18.1. The van der Waals surface area contributed by atoms with Gasteiger partial charge in [0.25, 0.3) is 5.91 Å². The fourth-order valence-electron chi connectivity index (χ4n) is 6.41. The number of imide groups is 1. The topological polar surface area (TPSA) is 92.8 Å². The molecule has 3 aromatic carbocycles. The van der Waals surface area contributed by atoms with Gasteiger partial charge in [0.05, 0.1) is 16.9 Å². The summed E-state index contributed by atoms with van der Waals surface area (Å²) < 4.78 is 5.94. The number of hydrogen-bond donors (Lipinski definition) is 1. The number of nitrogens with one attached hydrogen (secondary N) is 1. The fraction of sp³-hybridized carbons (Fsp3) is 0.267. The lowest BCUT2D eigenvalue weighted by Gasteiger charge is -2.45. The summed E-state index contributed by atoms with van der Waals surface area (Å²) in [6.07, 6.45) is 0. The zero-order valence-corrected chi connectivity index (χ0v) is 23.5. The minimum absolute atomic E-state index is 0.260. The Kier molecular flexibility index (Phi) is 6.35. The third kappa shape index (κ3) is 4.00. The van der Waals surface area contributed by atoms with Crippen LogP contribution >= 0.6 is 27.5 Å². The Hall–Kier alpha value is -3.49. The highest BCUT2D eigenvalue weighted by Gasteiger charge is 2.62. The monoisotopic (exact) mass is 606 g/mol. The third-order valence-corrected chi connectivity index (χ3v) is 9.29. The maximum Gasteiger partial charge on any atom is 0.329 e. The number of ether oxygens (including phenoxy) is 1. The molecule has 1 N–H and O–H groups in total. The fourth-order valence-corrected chi connectivity index (χ4v) is 7.03. The van der Waals surface area contributed by atoms with E-state index in [2.05, 4.69) is 21.2 Å². The van der Waals surface area contributed by atoms with Crippen LogP contribution in [0.2, 0.25) is 5.02 Å². The van der Waals surface area contributed by atoms with Crippen LogP contribution in [0.3, 0.4) is 0 Å². The molecule has 0 spiro atoms. The molecular weight excluding hydrogens is 584 g/mol. The van der Waals surface area contributed by atoms with Crippen molar-refractivity contribution in [3.8, 4) is 0 Å². The molecule has 1 heterocycles. The van der Waals surface area contributed by atoms with Gasteiger partial charge in [0.2, 0.25) is 11.8 Å². The van der Waals surface area contributed by atoms with Gasteiger partial charge in [-0.1, -0.05) is 60.1 Å². The minimum atomic E-state index is -1.17. The number of benzene rings is 3. The van der Waals surface area contributed by atoms with Gasteiger partial charge in [0, 0.05) is 22.0 Å². The van der Waals surface area contributed by atoms with Gasteiger partial charge in [0.1, 0.15) is 6.04 Å². The Morgan fingerprint density at radius 2 is 1.44 bits per heavy atom. The van der Waals surface area contributed by atoms with E-state index in [1.807, 2.05) is 48.5 Å². The predicted molar refractivity (Wildman–Crippen MR) is 148 cm³/mol. The first-order valence-electron chi connectivity index (χ1n) is 12.7. The summed E-state index contributed by atoms with van der Waals surface area (Å²) >= 11 is 9.45. The molecule has 1 saturated heterocycles. The summed E-state index contributed by atoms with van der Waals surface area (Å²) in [6.45, 7) is 2.70. The van der Waals surface area contributed by atoms with Crippen LogP contribution in [-0.4, -0.2) is 41.2 Å². The van der Waals surface area contributed by atoms with Gasteiger partial charge in [-0.25, -0.2) is 4.79 Å². The molecule has 3 aliphatic carbocycles. The number of rotatable bonds is 5. The molecule has 1 fully saturated rings. The Balaban J connectivity index is 1.20. The second kappa shape index (κ2) is 9.61. The summed E-state index contributed by atoms with van der Waals surface area (Å²) in [5.41, 5.74) is 5.48. The number of likely N-dealkylation sites (tertiary alicyclic amines) is 1. The number of esters is 1. The molecule has 0 aromatic heterocycles. The standard InChI is InChI=1S/C30H24BrClN2O5/c1-14-11-20(31)21(32)12-22(14)33-23(35)13-39-30(38)15(2)34-28(36)26-24-16-7-3-4-8-17(16)25(27(26)29(34)37)19-10-6-5-9-18(19)24/h3-12,15,24-27H,13H2,1-2H3,(H,33,35)/t15-,24?,25?,26-,27+/m1/s1. The van der Waals surface area contributed by atoms with Crippen molar-refractivity contribution in [2.24, 2.45) is 11.8 Å². The zero-order valence-electron chi connectivity index (χ0n) is 21.1. The molecule has 39 heavy (non-hydrogen) atoms. The van der Waals surface area contributed by atoms with Crippen molar-refractivity contribution in [1.29, 1.82) is 0 Å². The van der Waals surface area contributed by atoms with E-state index in [1.165, 1.54) is 6.92 Å². The summed E-state index contributed by atoms with van der Waals surface area (Å²) in [7, 11) is 0. The number of anilines is 1. The van der Waals surface area contributed by atoms with Crippen LogP contribution < -0.4 is 5.32 Å². The molecule has 3 aromatic rings. The van der Waals surface area contributed by atoms with E-state index in [9.17, 15) is 19.2 Å². The SMILES string of the molecule is Cc1cc(Br)c(Cl)cc1NC(=O)COC(=O)[C@@H](C)N1C(=O)[C@@H]2C3c4ccccc4C(c4ccccc43)[C@@H]2C1=O. The minimum Gasteiger partial charge on any atom is -0.454 e. The highest BCUT2D eigenvalue weighted by molar-refractivity contribution is 9.10. The molecule has 2 bridgehead atoms. The predicted octanol–water partition coefficient (Wildman–Crippen LogP) is 5.17. The molecule has 0 radical (unpaired) electrons. The third-order valence-electron chi connectivity index (χ3n) is 8.10. The van der Waals surface area contributed by atoms with E-state index >= 15 is 0 Å². The van der Waals surface area contributed by atoms with Crippen LogP contribution in [-0.2, 0) is 23.9 Å². The van der Waals surface area contributed by atoms with Crippen molar-refractivity contribution in [3.05, 3.63) is 98.0 Å². The number of carbonyl (C=O) groups is 4. The molecule has 7 nitrogen and oxygen atoms in total. The molecule has 9 heteroatoms. The van der Waals surface area contributed by atoms with E-state index in [-0.39, 0.29) is 23.7 Å². The highest BCUT2D eigenvalue weighted by atomic mass is 79.9. The van der Waals surface area contributed by atoms with Gasteiger partial charge in [0.15, 0.2) is 6.61 Å². The number of halogens is 2. The van der Waals surface area contributed by atoms with Crippen molar-refractivity contribution in [1.82, 2.24) is 4.90 Å². The lowest BCUT2D eigenvalue weighted by Crippen LogP contribution is -2.45. The molecule has 198 valence electrons. The Morgan fingerprint density at radius 3 is 1.92 bits per heavy atom. The first-order valence-corrected chi connectivity index (χ1v) is 13.8. The quantitative estimate of drug-likeness (QED) is 0.319. The van der Waals surface area contributed by atoms with Crippen molar-refractivity contribution < 1.29 is 23.9 Å².